The molecule has 0 unspecified atom stereocenters. The minimum absolute atomic E-state index is 0.864. The number of thiazole rings is 2. The van der Waals surface area contributed by atoms with Crippen molar-refractivity contribution in [3.05, 3.63) is 45.7 Å². The summed E-state index contributed by atoms with van der Waals surface area (Å²) in [7, 11) is 0. The Morgan fingerprint density at radius 2 is 1.89 bits per heavy atom. The van der Waals surface area contributed by atoms with E-state index in [4.69, 9.17) is 0 Å². The van der Waals surface area contributed by atoms with Crippen molar-refractivity contribution >= 4 is 48.9 Å². The Hall–Kier alpha value is -1.24. The molecule has 0 saturated carbocycles. The summed E-state index contributed by atoms with van der Waals surface area (Å²) in [6.07, 6.45) is 1.77. The number of anilines is 2. The Bertz CT molecular complexity index is 632. The van der Waals surface area contributed by atoms with E-state index in [1.807, 2.05) is 35.0 Å². The van der Waals surface area contributed by atoms with Crippen LogP contribution in [-0.2, 0) is 0 Å². The fourth-order valence-electron chi connectivity index (χ4n) is 1.46. The van der Waals surface area contributed by atoms with Crippen LogP contribution in [0.3, 0.4) is 0 Å². The van der Waals surface area contributed by atoms with Crippen LogP contribution in [0.4, 0.5) is 10.3 Å². The molecule has 18 heavy (non-hydrogen) atoms. The van der Waals surface area contributed by atoms with Crippen LogP contribution in [-0.4, -0.2) is 9.97 Å². The smallest absolute Gasteiger partial charge is 0.189 e. The van der Waals surface area contributed by atoms with Crippen LogP contribution in [0.15, 0.2) is 45.7 Å². The fraction of sp³-hybridized carbons (Fsp3) is 0. The highest BCUT2D eigenvalue weighted by molar-refractivity contribution is 9.10. The van der Waals surface area contributed by atoms with Gasteiger partial charge >= 0.3 is 0 Å². The van der Waals surface area contributed by atoms with Crippen molar-refractivity contribution in [2.45, 2.75) is 0 Å². The van der Waals surface area contributed by atoms with Gasteiger partial charge < -0.3 is 5.32 Å². The number of benzene rings is 1. The number of rotatable bonds is 3. The third-order valence-electron chi connectivity index (χ3n) is 2.29. The predicted octanol–water partition coefficient (Wildman–Crippen LogP) is 4.77. The Kier molecular flexibility index (Phi) is 3.40. The van der Waals surface area contributed by atoms with Gasteiger partial charge in [0.25, 0.3) is 0 Å². The molecule has 0 aliphatic heterocycles. The minimum Gasteiger partial charge on any atom is -0.307 e. The maximum Gasteiger partial charge on any atom is 0.189 e. The van der Waals surface area contributed by atoms with Crippen molar-refractivity contribution in [1.29, 1.82) is 0 Å². The van der Waals surface area contributed by atoms with Crippen molar-refractivity contribution in [3.63, 3.8) is 0 Å². The molecule has 0 atom stereocenters. The first-order valence-electron chi connectivity index (χ1n) is 5.19. The highest BCUT2D eigenvalue weighted by Gasteiger charge is 2.05. The molecule has 6 heteroatoms. The molecule has 0 aliphatic rings. The van der Waals surface area contributed by atoms with Gasteiger partial charge in [-0.15, -0.1) is 22.7 Å². The van der Waals surface area contributed by atoms with Gasteiger partial charge in [0.2, 0.25) is 0 Å². The van der Waals surface area contributed by atoms with Crippen LogP contribution in [0.2, 0.25) is 0 Å². The minimum atomic E-state index is 0.864. The number of nitrogens with zero attached hydrogens (tertiary/aromatic N) is 2. The van der Waals surface area contributed by atoms with Gasteiger partial charge in [-0.2, -0.15) is 0 Å². The van der Waals surface area contributed by atoms with Crippen molar-refractivity contribution < 1.29 is 0 Å². The fourth-order valence-corrected chi connectivity index (χ4v) is 3.04. The van der Waals surface area contributed by atoms with E-state index in [2.05, 4.69) is 31.2 Å². The van der Waals surface area contributed by atoms with E-state index < -0.39 is 0 Å². The van der Waals surface area contributed by atoms with E-state index in [-0.39, 0.29) is 0 Å². The molecule has 3 rings (SSSR count). The summed E-state index contributed by atoms with van der Waals surface area (Å²) in [5, 5.41) is 8.90. The average Bonchev–Trinajstić information content (AvgIpc) is 3.02. The average molecular weight is 338 g/mol. The maximum absolute atomic E-state index is 4.54. The Balaban J connectivity index is 1.83. The predicted molar refractivity (Wildman–Crippen MR) is 80.6 cm³/mol. The largest absolute Gasteiger partial charge is 0.307 e. The lowest BCUT2D eigenvalue weighted by atomic mass is 10.2. The molecule has 0 fully saturated rings. The Morgan fingerprint density at radius 1 is 1.06 bits per heavy atom. The van der Waals surface area contributed by atoms with Crippen molar-refractivity contribution in [2.24, 2.45) is 0 Å². The van der Waals surface area contributed by atoms with E-state index >= 15 is 0 Å². The van der Waals surface area contributed by atoms with E-state index in [0.717, 1.165) is 26.0 Å². The van der Waals surface area contributed by atoms with E-state index in [9.17, 15) is 0 Å². The molecule has 3 aromatic rings. The normalized spacial score (nSPS) is 10.5. The lowest BCUT2D eigenvalue weighted by Gasteiger charge is -1.97. The highest BCUT2D eigenvalue weighted by atomic mass is 79.9. The van der Waals surface area contributed by atoms with Crippen LogP contribution >= 0.6 is 38.6 Å². The third-order valence-corrected chi connectivity index (χ3v) is 4.27. The SMILES string of the molecule is Brc1ccc(-c2csc(Nc3nccs3)n2)cc1. The van der Waals surface area contributed by atoms with Crippen molar-refractivity contribution in [1.82, 2.24) is 9.97 Å². The molecule has 0 amide bonds. The zero-order chi connectivity index (χ0) is 12.4. The van der Waals surface area contributed by atoms with Crippen molar-refractivity contribution in [2.75, 3.05) is 5.32 Å². The molecule has 2 heterocycles. The molecular weight excluding hydrogens is 330 g/mol. The molecule has 0 radical (unpaired) electrons. The quantitative estimate of drug-likeness (QED) is 0.747. The number of halogens is 1. The Morgan fingerprint density at radius 3 is 2.61 bits per heavy atom. The van der Waals surface area contributed by atoms with Gasteiger partial charge in [-0.05, 0) is 12.1 Å². The number of nitrogens with one attached hydrogen (secondary N) is 1. The molecular formula is C12H8BrN3S2. The van der Waals surface area contributed by atoms with Crippen LogP contribution in [0.25, 0.3) is 11.3 Å². The second kappa shape index (κ2) is 5.17. The highest BCUT2D eigenvalue weighted by Crippen LogP contribution is 2.28. The number of hydrogen-bond acceptors (Lipinski definition) is 5. The van der Waals surface area contributed by atoms with Gasteiger partial charge in [0.15, 0.2) is 10.3 Å². The molecule has 90 valence electrons. The summed E-state index contributed by atoms with van der Waals surface area (Å²) < 4.78 is 1.07. The van der Waals surface area contributed by atoms with E-state index in [1.165, 1.54) is 0 Å². The molecule has 0 bridgehead atoms. The molecule has 2 aromatic heterocycles. The topological polar surface area (TPSA) is 37.8 Å². The second-order valence-electron chi connectivity index (χ2n) is 3.51. The van der Waals surface area contributed by atoms with Gasteiger partial charge in [0, 0.05) is 27.0 Å². The van der Waals surface area contributed by atoms with E-state index in [1.54, 1.807) is 28.9 Å². The van der Waals surface area contributed by atoms with Gasteiger partial charge in [-0.25, -0.2) is 9.97 Å². The molecule has 0 spiro atoms. The summed E-state index contributed by atoms with van der Waals surface area (Å²) >= 11 is 6.57. The summed E-state index contributed by atoms with van der Waals surface area (Å²) in [5.74, 6) is 0. The lowest BCUT2D eigenvalue weighted by Crippen LogP contribution is -1.87. The zero-order valence-corrected chi connectivity index (χ0v) is 12.3. The van der Waals surface area contributed by atoms with Crippen LogP contribution in [0.1, 0.15) is 0 Å². The first-order chi connectivity index (χ1) is 8.81. The van der Waals surface area contributed by atoms with Gasteiger partial charge in [-0.3, -0.25) is 0 Å². The standard InChI is InChI=1S/C12H8BrN3S2/c13-9-3-1-8(2-4-9)10-7-18-12(15-10)16-11-14-5-6-17-11/h1-7H,(H,14,15,16). The van der Waals surface area contributed by atoms with E-state index in [0.29, 0.717) is 0 Å². The zero-order valence-electron chi connectivity index (χ0n) is 9.13. The lowest BCUT2D eigenvalue weighted by molar-refractivity contribution is 1.34. The van der Waals surface area contributed by atoms with Crippen LogP contribution < -0.4 is 5.32 Å². The summed E-state index contributed by atoms with van der Waals surface area (Å²) in [5.41, 5.74) is 2.09. The van der Waals surface area contributed by atoms with Gasteiger partial charge in [0.05, 0.1) is 5.69 Å². The summed E-state index contributed by atoms with van der Waals surface area (Å²) in [6, 6.07) is 8.13. The van der Waals surface area contributed by atoms with Crippen LogP contribution in [0, 0.1) is 0 Å². The second-order valence-corrected chi connectivity index (χ2v) is 6.18. The third kappa shape index (κ3) is 2.60. The molecule has 0 aliphatic carbocycles. The van der Waals surface area contributed by atoms with Crippen LogP contribution in [0.5, 0.6) is 0 Å². The number of aromatic nitrogens is 2. The van der Waals surface area contributed by atoms with Gasteiger partial charge in [0.1, 0.15) is 0 Å². The first-order valence-corrected chi connectivity index (χ1v) is 7.74. The molecule has 0 saturated heterocycles. The van der Waals surface area contributed by atoms with Gasteiger partial charge in [-0.1, -0.05) is 28.1 Å². The molecule has 1 aromatic carbocycles. The van der Waals surface area contributed by atoms with Crippen molar-refractivity contribution in [3.8, 4) is 11.3 Å². The molecule has 3 nitrogen and oxygen atoms in total. The summed E-state index contributed by atoms with van der Waals surface area (Å²) in [6.45, 7) is 0. The Labute approximate surface area is 121 Å². The number of hydrogen-bond donors (Lipinski definition) is 1. The first kappa shape index (κ1) is 11.8. The maximum atomic E-state index is 4.54. The monoisotopic (exact) mass is 337 g/mol. The summed E-state index contributed by atoms with van der Waals surface area (Å²) in [4.78, 5) is 8.72. The molecule has 1 N–H and O–H groups in total.